The summed E-state index contributed by atoms with van der Waals surface area (Å²) in [6.07, 6.45) is 1.43. The summed E-state index contributed by atoms with van der Waals surface area (Å²) < 4.78 is 5.31. The lowest BCUT2D eigenvalue weighted by atomic mass is 10.0. The number of anilines is 1. The van der Waals surface area contributed by atoms with Gasteiger partial charge < -0.3 is 4.74 Å². The maximum atomic E-state index is 11.7. The summed E-state index contributed by atoms with van der Waals surface area (Å²) in [6, 6.07) is 8.01. The van der Waals surface area contributed by atoms with Crippen LogP contribution in [0, 0.1) is 0 Å². The maximum Gasteiger partial charge on any atom is 0.229 e. The molecule has 0 saturated carbocycles. The Kier molecular flexibility index (Phi) is 3.02. The van der Waals surface area contributed by atoms with Crippen LogP contribution in [0.25, 0.3) is 0 Å². The summed E-state index contributed by atoms with van der Waals surface area (Å²) in [5, 5.41) is 0. The molecule has 1 heterocycles. The molecule has 1 amide bonds. The second-order valence-electron chi connectivity index (χ2n) is 3.57. The van der Waals surface area contributed by atoms with Gasteiger partial charge in [0.1, 0.15) is 6.73 Å². The van der Waals surface area contributed by atoms with Gasteiger partial charge in [0, 0.05) is 18.7 Å². The Balaban J connectivity index is 2.25. The van der Waals surface area contributed by atoms with Gasteiger partial charge in [0.05, 0.1) is 0 Å². The van der Waals surface area contributed by atoms with Crippen molar-refractivity contribution in [2.75, 3.05) is 18.2 Å². The highest BCUT2D eigenvalue weighted by molar-refractivity contribution is 5.96. The Morgan fingerprint density at radius 3 is 2.93 bits per heavy atom. The van der Waals surface area contributed by atoms with E-state index in [0.29, 0.717) is 19.8 Å². The zero-order valence-corrected chi connectivity index (χ0v) is 8.90. The minimum Gasteiger partial charge on any atom is -0.361 e. The van der Waals surface area contributed by atoms with Crippen LogP contribution in [0.5, 0.6) is 0 Å². The number of amides is 1. The molecule has 1 aromatic carbocycles. The molecule has 3 nitrogen and oxygen atoms in total. The van der Waals surface area contributed by atoms with Crippen LogP contribution in [0.1, 0.15) is 18.9 Å². The van der Waals surface area contributed by atoms with E-state index in [-0.39, 0.29) is 5.91 Å². The van der Waals surface area contributed by atoms with E-state index in [2.05, 4.69) is 6.07 Å². The number of carbonyl (C=O) groups is 1. The van der Waals surface area contributed by atoms with Crippen molar-refractivity contribution >= 4 is 11.6 Å². The van der Waals surface area contributed by atoms with Gasteiger partial charge in [-0.25, -0.2) is 0 Å². The first-order valence-electron chi connectivity index (χ1n) is 5.29. The molecule has 0 aliphatic carbocycles. The highest BCUT2D eigenvalue weighted by Gasteiger charge is 2.23. The molecule has 1 aliphatic heterocycles. The molecule has 0 fully saturated rings. The number of rotatable bonds is 3. The summed E-state index contributed by atoms with van der Waals surface area (Å²) in [4.78, 5) is 13.4. The predicted octanol–water partition coefficient (Wildman–Crippen LogP) is 1.96. The van der Waals surface area contributed by atoms with Crippen molar-refractivity contribution in [2.24, 2.45) is 0 Å². The molecule has 1 aliphatic rings. The first kappa shape index (κ1) is 10.2. The van der Waals surface area contributed by atoms with Gasteiger partial charge in [-0.3, -0.25) is 9.69 Å². The summed E-state index contributed by atoms with van der Waals surface area (Å²) in [6.45, 7) is 2.93. The topological polar surface area (TPSA) is 29.5 Å². The van der Waals surface area contributed by atoms with Crippen LogP contribution < -0.4 is 4.90 Å². The van der Waals surface area contributed by atoms with Gasteiger partial charge in [0.15, 0.2) is 0 Å². The summed E-state index contributed by atoms with van der Waals surface area (Å²) in [5.41, 5.74) is 2.24. The van der Waals surface area contributed by atoms with Gasteiger partial charge in [0.25, 0.3) is 0 Å². The van der Waals surface area contributed by atoms with E-state index in [1.807, 2.05) is 25.1 Å². The number of fused-ring (bicyclic) bond motifs is 1. The van der Waals surface area contributed by atoms with Gasteiger partial charge >= 0.3 is 0 Å². The monoisotopic (exact) mass is 205 g/mol. The lowest BCUT2D eigenvalue weighted by molar-refractivity contribution is -0.120. The quantitative estimate of drug-likeness (QED) is 0.755. The van der Waals surface area contributed by atoms with Crippen molar-refractivity contribution in [3.05, 3.63) is 29.8 Å². The molecular formula is C12H15NO2. The molecule has 0 saturated heterocycles. The van der Waals surface area contributed by atoms with E-state index in [1.54, 1.807) is 4.90 Å². The van der Waals surface area contributed by atoms with Crippen LogP contribution in [0.3, 0.4) is 0 Å². The normalized spacial score (nSPS) is 15.3. The number of para-hydroxylation sites is 1. The fraction of sp³-hybridized carbons (Fsp3) is 0.417. The number of ether oxygens (including phenoxy) is 1. The molecule has 0 bridgehead atoms. The van der Waals surface area contributed by atoms with E-state index >= 15 is 0 Å². The number of benzene rings is 1. The molecule has 80 valence electrons. The zero-order valence-electron chi connectivity index (χ0n) is 8.90. The molecule has 0 atom stereocenters. The van der Waals surface area contributed by atoms with Crippen molar-refractivity contribution in [1.82, 2.24) is 0 Å². The van der Waals surface area contributed by atoms with Crippen LogP contribution >= 0.6 is 0 Å². The maximum absolute atomic E-state index is 11.7. The van der Waals surface area contributed by atoms with Crippen molar-refractivity contribution in [3.8, 4) is 0 Å². The van der Waals surface area contributed by atoms with Gasteiger partial charge in [-0.05, 0) is 25.0 Å². The number of nitrogens with zero attached hydrogens (tertiary/aromatic N) is 1. The second-order valence-corrected chi connectivity index (χ2v) is 3.57. The number of hydrogen-bond donors (Lipinski definition) is 0. The van der Waals surface area contributed by atoms with Gasteiger partial charge in [-0.2, -0.15) is 0 Å². The Labute approximate surface area is 89.7 Å². The largest absolute Gasteiger partial charge is 0.361 e. The summed E-state index contributed by atoms with van der Waals surface area (Å²) >= 11 is 0. The first-order chi connectivity index (χ1) is 7.33. The van der Waals surface area contributed by atoms with Crippen LogP contribution in [-0.2, 0) is 16.0 Å². The molecule has 0 N–H and O–H groups in total. The summed E-state index contributed by atoms with van der Waals surface area (Å²) in [7, 11) is 0. The van der Waals surface area contributed by atoms with Crippen molar-refractivity contribution in [1.29, 1.82) is 0 Å². The molecule has 0 spiro atoms. The fourth-order valence-electron chi connectivity index (χ4n) is 1.82. The van der Waals surface area contributed by atoms with Gasteiger partial charge in [-0.15, -0.1) is 0 Å². The average Bonchev–Trinajstić information content (AvgIpc) is 2.28. The minimum absolute atomic E-state index is 0.155. The molecular weight excluding hydrogens is 190 g/mol. The zero-order chi connectivity index (χ0) is 10.7. The Bertz CT molecular complexity index is 362. The molecule has 15 heavy (non-hydrogen) atoms. The van der Waals surface area contributed by atoms with Crippen molar-refractivity contribution in [3.63, 3.8) is 0 Å². The Morgan fingerprint density at radius 2 is 2.13 bits per heavy atom. The van der Waals surface area contributed by atoms with E-state index in [1.165, 1.54) is 5.56 Å². The lowest BCUT2D eigenvalue weighted by Gasteiger charge is -2.28. The van der Waals surface area contributed by atoms with Crippen LogP contribution in [0.2, 0.25) is 0 Å². The lowest BCUT2D eigenvalue weighted by Crippen LogP contribution is -2.36. The average molecular weight is 205 g/mol. The standard InChI is InChI=1S/C12H15NO2/c1-2-15-9-13-11-6-4-3-5-10(11)7-8-12(13)14/h3-6H,2,7-9H2,1H3. The molecule has 0 radical (unpaired) electrons. The third-order valence-electron chi connectivity index (χ3n) is 2.62. The molecule has 3 heteroatoms. The smallest absolute Gasteiger partial charge is 0.229 e. The molecule has 0 unspecified atom stereocenters. The third-order valence-corrected chi connectivity index (χ3v) is 2.62. The molecule has 2 rings (SSSR count). The van der Waals surface area contributed by atoms with E-state index in [4.69, 9.17) is 4.74 Å². The molecule has 0 aromatic heterocycles. The third kappa shape index (κ3) is 2.02. The number of aryl methyl sites for hydroxylation is 1. The van der Waals surface area contributed by atoms with Crippen LogP contribution in [0.4, 0.5) is 5.69 Å². The second kappa shape index (κ2) is 4.45. The van der Waals surface area contributed by atoms with Gasteiger partial charge in [0.2, 0.25) is 5.91 Å². The Morgan fingerprint density at radius 1 is 1.33 bits per heavy atom. The van der Waals surface area contributed by atoms with Crippen molar-refractivity contribution in [2.45, 2.75) is 19.8 Å². The first-order valence-corrected chi connectivity index (χ1v) is 5.29. The summed E-state index contributed by atoms with van der Waals surface area (Å²) in [5.74, 6) is 0.155. The highest BCUT2D eigenvalue weighted by Crippen LogP contribution is 2.26. The Hall–Kier alpha value is -1.35. The van der Waals surface area contributed by atoms with Crippen molar-refractivity contribution < 1.29 is 9.53 Å². The minimum atomic E-state index is 0.155. The van der Waals surface area contributed by atoms with Crippen LogP contribution in [0.15, 0.2) is 24.3 Å². The fourth-order valence-corrected chi connectivity index (χ4v) is 1.82. The van der Waals surface area contributed by atoms with Crippen LogP contribution in [-0.4, -0.2) is 19.2 Å². The number of hydrogen-bond acceptors (Lipinski definition) is 2. The van der Waals surface area contributed by atoms with E-state index in [9.17, 15) is 4.79 Å². The number of carbonyl (C=O) groups excluding carboxylic acids is 1. The van der Waals surface area contributed by atoms with E-state index in [0.717, 1.165) is 12.1 Å². The highest BCUT2D eigenvalue weighted by atomic mass is 16.5. The van der Waals surface area contributed by atoms with Gasteiger partial charge in [-0.1, -0.05) is 18.2 Å². The van der Waals surface area contributed by atoms with E-state index < -0.39 is 0 Å². The SMILES string of the molecule is CCOCN1C(=O)CCc2ccccc21. The molecule has 1 aromatic rings. The predicted molar refractivity (Wildman–Crippen MR) is 58.7 cm³/mol.